The molecule has 1 heterocycles. The number of ether oxygens (including phenoxy) is 3. The van der Waals surface area contributed by atoms with E-state index in [1.807, 2.05) is 48.5 Å². The Kier molecular flexibility index (Phi) is 4.73. The SMILES string of the molecule is COc1cc(OC)c2c(c1)OCC(c1ccccc1)(c1cccc(Cl)c1)C2=O. The molecule has 0 saturated carbocycles. The first-order chi connectivity index (χ1) is 13.6. The summed E-state index contributed by atoms with van der Waals surface area (Å²) in [7, 11) is 3.09. The van der Waals surface area contributed by atoms with Crippen LogP contribution in [0, 0.1) is 0 Å². The highest BCUT2D eigenvalue weighted by Gasteiger charge is 2.48. The number of benzene rings is 3. The van der Waals surface area contributed by atoms with Gasteiger partial charge in [0.1, 0.15) is 34.8 Å². The van der Waals surface area contributed by atoms with Crippen LogP contribution in [-0.2, 0) is 5.41 Å². The van der Waals surface area contributed by atoms with Gasteiger partial charge in [-0.05, 0) is 23.3 Å². The van der Waals surface area contributed by atoms with Gasteiger partial charge in [-0.25, -0.2) is 0 Å². The van der Waals surface area contributed by atoms with Crippen LogP contribution in [0.1, 0.15) is 21.5 Å². The highest BCUT2D eigenvalue weighted by molar-refractivity contribution is 6.30. The van der Waals surface area contributed by atoms with E-state index in [1.54, 1.807) is 25.3 Å². The minimum atomic E-state index is -1.03. The fourth-order valence-electron chi connectivity index (χ4n) is 3.72. The molecule has 1 aliphatic heterocycles. The standard InChI is InChI=1S/C23H19ClO4/c1-26-18-12-19(27-2)21-20(13-18)28-14-23(22(21)25,15-7-4-3-5-8-15)16-9-6-10-17(24)11-16/h3-13H,14H2,1-2H3. The first kappa shape index (κ1) is 18.4. The Morgan fingerprint density at radius 1 is 0.929 bits per heavy atom. The van der Waals surface area contributed by atoms with Crippen molar-refractivity contribution < 1.29 is 19.0 Å². The normalized spacial score (nSPS) is 18.2. The number of ketones is 1. The van der Waals surface area contributed by atoms with Gasteiger partial charge in [-0.15, -0.1) is 0 Å². The van der Waals surface area contributed by atoms with E-state index in [9.17, 15) is 4.79 Å². The molecular weight excluding hydrogens is 376 g/mol. The van der Waals surface area contributed by atoms with E-state index in [4.69, 9.17) is 25.8 Å². The average Bonchev–Trinajstić information content (AvgIpc) is 2.74. The Morgan fingerprint density at radius 2 is 1.68 bits per heavy atom. The number of Topliss-reactive ketones (excluding diaryl/α,β-unsaturated/α-hetero) is 1. The van der Waals surface area contributed by atoms with Gasteiger partial charge in [0.15, 0.2) is 5.78 Å². The molecule has 0 spiro atoms. The number of rotatable bonds is 4. The molecule has 3 aromatic carbocycles. The van der Waals surface area contributed by atoms with Crippen molar-refractivity contribution >= 4 is 17.4 Å². The topological polar surface area (TPSA) is 44.8 Å². The lowest BCUT2D eigenvalue weighted by molar-refractivity contribution is 0.0812. The largest absolute Gasteiger partial charge is 0.496 e. The Bertz CT molecular complexity index is 1010. The smallest absolute Gasteiger partial charge is 0.188 e. The maximum atomic E-state index is 14.0. The van der Waals surface area contributed by atoms with E-state index in [2.05, 4.69) is 0 Å². The van der Waals surface area contributed by atoms with Crippen LogP contribution >= 0.6 is 11.6 Å². The third-order valence-electron chi connectivity index (χ3n) is 5.14. The summed E-state index contributed by atoms with van der Waals surface area (Å²) in [5.74, 6) is 1.34. The number of halogens is 1. The number of hydrogen-bond donors (Lipinski definition) is 0. The monoisotopic (exact) mass is 394 g/mol. The zero-order chi connectivity index (χ0) is 19.7. The maximum absolute atomic E-state index is 14.0. The van der Waals surface area contributed by atoms with Crippen molar-refractivity contribution in [1.29, 1.82) is 0 Å². The number of methoxy groups -OCH3 is 2. The van der Waals surface area contributed by atoms with Crippen molar-refractivity contribution in [1.82, 2.24) is 0 Å². The molecule has 0 aliphatic carbocycles. The molecule has 4 rings (SSSR count). The van der Waals surface area contributed by atoms with Gasteiger partial charge in [-0.3, -0.25) is 4.79 Å². The van der Waals surface area contributed by atoms with E-state index in [1.165, 1.54) is 7.11 Å². The fourth-order valence-corrected chi connectivity index (χ4v) is 3.91. The second-order valence-electron chi connectivity index (χ2n) is 6.60. The lowest BCUT2D eigenvalue weighted by atomic mass is 9.68. The maximum Gasteiger partial charge on any atom is 0.188 e. The van der Waals surface area contributed by atoms with E-state index in [-0.39, 0.29) is 12.4 Å². The minimum absolute atomic E-state index is 0.0956. The lowest BCUT2D eigenvalue weighted by Gasteiger charge is -2.38. The molecule has 0 fully saturated rings. The van der Waals surface area contributed by atoms with Gasteiger partial charge < -0.3 is 14.2 Å². The van der Waals surface area contributed by atoms with Crippen molar-refractivity contribution in [2.75, 3.05) is 20.8 Å². The predicted octanol–water partition coefficient (Wildman–Crippen LogP) is 4.92. The summed E-state index contributed by atoms with van der Waals surface area (Å²) in [4.78, 5) is 14.0. The second kappa shape index (κ2) is 7.21. The Labute approximate surface area is 168 Å². The van der Waals surface area contributed by atoms with Gasteiger partial charge in [-0.2, -0.15) is 0 Å². The van der Waals surface area contributed by atoms with Gasteiger partial charge in [0.2, 0.25) is 0 Å². The van der Waals surface area contributed by atoms with Crippen molar-refractivity contribution in [3.05, 3.63) is 88.4 Å². The first-order valence-corrected chi connectivity index (χ1v) is 9.23. The Morgan fingerprint density at radius 3 is 2.36 bits per heavy atom. The summed E-state index contributed by atoms with van der Waals surface area (Å²) < 4.78 is 16.9. The van der Waals surface area contributed by atoms with Crippen molar-refractivity contribution in [2.24, 2.45) is 0 Å². The summed E-state index contributed by atoms with van der Waals surface area (Å²) in [5, 5.41) is 0.563. The third kappa shape index (κ3) is 2.81. The van der Waals surface area contributed by atoms with E-state index < -0.39 is 5.41 Å². The molecule has 4 nitrogen and oxygen atoms in total. The Balaban J connectivity index is 1.99. The van der Waals surface area contributed by atoms with Crippen LogP contribution < -0.4 is 14.2 Å². The van der Waals surface area contributed by atoms with Crippen LogP contribution in [0.2, 0.25) is 5.02 Å². The molecule has 0 saturated heterocycles. The number of hydrogen-bond acceptors (Lipinski definition) is 4. The van der Waals surface area contributed by atoms with Crippen LogP contribution in [-0.4, -0.2) is 26.6 Å². The van der Waals surface area contributed by atoms with Crippen LogP contribution in [0.4, 0.5) is 0 Å². The van der Waals surface area contributed by atoms with Crippen molar-refractivity contribution in [3.63, 3.8) is 0 Å². The van der Waals surface area contributed by atoms with Crippen molar-refractivity contribution in [2.45, 2.75) is 5.41 Å². The molecule has 0 bridgehead atoms. The summed E-state index contributed by atoms with van der Waals surface area (Å²) in [5.41, 5.74) is 0.991. The third-order valence-corrected chi connectivity index (χ3v) is 5.37. The molecule has 3 aromatic rings. The zero-order valence-electron chi connectivity index (χ0n) is 15.6. The average molecular weight is 395 g/mol. The van der Waals surface area contributed by atoms with Crippen molar-refractivity contribution in [3.8, 4) is 17.2 Å². The van der Waals surface area contributed by atoms with Gasteiger partial charge in [0.25, 0.3) is 0 Å². The van der Waals surface area contributed by atoms with Gasteiger partial charge >= 0.3 is 0 Å². The Hall–Kier alpha value is -2.98. The number of carbonyl (C=O) groups excluding carboxylic acids is 1. The quantitative estimate of drug-likeness (QED) is 0.630. The van der Waals surface area contributed by atoms with Crippen LogP contribution in [0.15, 0.2) is 66.7 Å². The summed E-state index contributed by atoms with van der Waals surface area (Å²) >= 11 is 6.27. The molecule has 0 amide bonds. The molecule has 1 aliphatic rings. The van der Waals surface area contributed by atoms with E-state index in [0.29, 0.717) is 27.8 Å². The molecule has 0 aromatic heterocycles. The first-order valence-electron chi connectivity index (χ1n) is 8.85. The summed E-state index contributed by atoms with van der Waals surface area (Å²) in [6.07, 6.45) is 0. The van der Waals surface area contributed by atoms with E-state index in [0.717, 1.165) is 11.1 Å². The molecule has 0 radical (unpaired) electrons. The lowest BCUT2D eigenvalue weighted by Crippen LogP contribution is -2.46. The predicted molar refractivity (Wildman–Crippen MR) is 108 cm³/mol. The zero-order valence-corrected chi connectivity index (χ0v) is 16.3. The number of carbonyl (C=O) groups is 1. The van der Waals surface area contributed by atoms with Gasteiger partial charge in [0.05, 0.1) is 14.2 Å². The fraction of sp³-hybridized carbons (Fsp3) is 0.174. The highest BCUT2D eigenvalue weighted by atomic mass is 35.5. The van der Waals surface area contributed by atoms with Gasteiger partial charge in [0, 0.05) is 17.2 Å². The second-order valence-corrected chi connectivity index (χ2v) is 7.04. The molecule has 0 N–H and O–H groups in total. The van der Waals surface area contributed by atoms with Crippen LogP contribution in [0.25, 0.3) is 0 Å². The highest BCUT2D eigenvalue weighted by Crippen LogP contribution is 2.46. The minimum Gasteiger partial charge on any atom is -0.496 e. The summed E-state index contributed by atoms with van der Waals surface area (Å²) in [6, 6.07) is 20.4. The van der Waals surface area contributed by atoms with E-state index >= 15 is 0 Å². The molecule has 1 atom stereocenters. The molecule has 28 heavy (non-hydrogen) atoms. The molecular formula is C23H19ClO4. The summed E-state index contributed by atoms with van der Waals surface area (Å²) in [6.45, 7) is 0.152. The molecule has 142 valence electrons. The van der Waals surface area contributed by atoms with Gasteiger partial charge in [-0.1, -0.05) is 54.1 Å². The number of fused-ring (bicyclic) bond motifs is 1. The molecule has 5 heteroatoms. The van der Waals surface area contributed by atoms with Crippen LogP contribution in [0.3, 0.4) is 0 Å². The molecule has 1 unspecified atom stereocenters. The van der Waals surface area contributed by atoms with Crippen LogP contribution in [0.5, 0.6) is 17.2 Å².